The van der Waals surface area contributed by atoms with Crippen LogP contribution in [0.5, 0.6) is 5.75 Å². The molecule has 0 saturated carbocycles. The Hall–Kier alpha value is -2.62. The molecule has 1 aromatic rings. The molecule has 1 aromatic carbocycles. The van der Waals surface area contributed by atoms with Crippen molar-refractivity contribution in [2.24, 2.45) is 8.80 Å². The number of aromatic hydroxyl groups is 1. The van der Waals surface area contributed by atoms with Gasteiger partial charge in [0.1, 0.15) is 0 Å². The summed E-state index contributed by atoms with van der Waals surface area (Å²) in [6, 6.07) is 4.46. The summed E-state index contributed by atoms with van der Waals surface area (Å²) in [5.41, 5.74) is 0.178. The lowest BCUT2D eigenvalue weighted by Gasteiger charge is -2.14. The van der Waals surface area contributed by atoms with Crippen molar-refractivity contribution in [1.82, 2.24) is 4.90 Å². The van der Waals surface area contributed by atoms with E-state index < -0.39 is 16.1 Å². The van der Waals surface area contributed by atoms with Crippen molar-refractivity contribution < 1.29 is 23.1 Å². The van der Waals surface area contributed by atoms with E-state index in [1.54, 1.807) is 27.1 Å². The topological polar surface area (TPSA) is 121 Å². The second kappa shape index (κ2) is 6.24. The number of benzene rings is 1. The number of nitrogens with one attached hydrogen (secondary N) is 1. The number of nitrogens with zero attached hydrogens (tertiary/aromatic N) is 3. The number of anilines is 1. The maximum atomic E-state index is 12.0. The Morgan fingerprint density at radius 3 is 2.65 bits per heavy atom. The quantitative estimate of drug-likeness (QED) is 0.777. The molecule has 0 unspecified atom stereocenters. The highest BCUT2D eigenvalue weighted by molar-refractivity contribution is 7.89. The van der Waals surface area contributed by atoms with Crippen LogP contribution in [0.15, 0.2) is 27.0 Å². The normalized spacial score (nSPS) is 15.6. The molecule has 1 heterocycles. The zero-order chi connectivity index (χ0) is 17.2. The van der Waals surface area contributed by atoms with Crippen molar-refractivity contribution in [2.45, 2.75) is 6.92 Å². The van der Waals surface area contributed by atoms with E-state index in [1.165, 1.54) is 17.0 Å². The van der Waals surface area contributed by atoms with Crippen molar-refractivity contribution >= 4 is 33.5 Å². The first-order chi connectivity index (χ1) is 10.7. The maximum Gasteiger partial charge on any atom is 0.368 e. The standard InChI is InChI=1S/C13H16N4O5S/c1-4-22-12-11(15-23(20,21)16-12)14-9-7-5-6-8(10(9)18)13(19)17(2)3/h5-7,18H,4H2,1-3H3,(H,14,15). The van der Waals surface area contributed by atoms with Crippen LogP contribution in [0.3, 0.4) is 0 Å². The van der Waals surface area contributed by atoms with Crippen molar-refractivity contribution in [3.8, 4) is 5.75 Å². The average Bonchev–Trinajstić information content (AvgIpc) is 2.75. The minimum Gasteiger partial charge on any atom is -0.505 e. The van der Waals surface area contributed by atoms with Gasteiger partial charge in [-0.25, -0.2) is 0 Å². The number of phenolic OH excluding ortho intramolecular Hbond substituents is 1. The molecule has 0 bridgehead atoms. The van der Waals surface area contributed by atoms with Gasteiger partial charge in [-0.15, -0.1) is 8.80 Å². The SMILES string of the molecule is CCOC1=NS(=O)(=O)N=C1Nc1cccc(C(=O)N(C)C)c1O. The molecule has 2 rings (SSSR count). The lowest BCUT2D eigenvalue weighted by molar-refractivity contribution is 0.0824. The number of amidine groups is 1. The van der Waals surface area contributed by atoms with Crippen LogP contribution < -0.4 is 5.32 Å². The third-order valence-electron chi connectivity index (χ3n) is 2.81. The van der Waals surface area contributed by atoms with Crippen molar-refractivity contribution in [3.05, 3.63) is 23.8 Å². The summed E-state index contributed by atoms with van der Waals surface area (Å²) in [6.45, 7) is 1.86. The smallest absolute Gasteiger partial charge is 0.368 e. The van der Waals surface area contributed by atoms with Gasteiger partial charge < -0.3 is 20.1 Å². The van der Waals surface area contributed by atoms with E-state index >= 15 is 0 Å². The van der Waals surface area contributed by atoms with Crippen LogP contribution in [-0.4, -0.2) is 56.8 Å². The summed E-state index contributed by atoms with van der Waals surface area (Å²) in [4.78, 5) is 13.3. The van der Waals surface area contributed by atoms with Gasteiger partial charge in [0.05, 0.1) is 17.9 Å². The summed E-state index contributed by atoms with van der Waals surface area (Å²) in [6.07, 6.45) is 0. The van der Waals surface area contributed by atoms with Crippen LogP contribution in [-0.2, 0) is 14.9 Å². The number of amides is 1. The van der Waals surface area contributed by atoms with E-state index in [-0.39, 0.29) is 35.3 Å². The van der Waals surface area contributed by atoms with Crippen molar-refractivity contribution in [3.63, 3.8) is 0 Å². The molecule has 0 aliphatic carbocycles. The van der Waals surface area contributed by atoms with E-state index in [9.17, 15) is 18.3 Å². The van der Waals surface area contributed by atoms with Gasteiger partial charge in [0.25, 0.3) is 11.8 Å². The van der Waals surface area contributed by atoms with Crippen LogP contribution >= 0.6 is 0 Å². The van der Waals surface area contributed by atoms with Crippen molar-refractivity contribution in [1.29, 1.82) is 0 Å². The first-order valence-electron chi connectivity index (χ1n) is 6.64. The van der Waals surface area contributed by atoms with Crippen LogP contribution in [0.25, 0.3) is 0 Å². The van der Waals surface area contributed by atoms with Gasteiger partial charge >= 0.3 is 10.2 Å². The summed E-state index contributed by atoms with van der Waals surface area (Å²) in [5.74, 6) is -1.08. The van der Waals surface area contributed by atoms with Gasteiger partial charge in [0.2, 0.25) is 5.84 Å². The summed E-state index contributed by atoms with van der Waals surface area (Å²) in [7, 11) is -0.906. The Balaban J connectivity index is 2.36. The number of ether oxygens (including phenoxy) is 1. The Morgan fingerprint density at radius 2 is 2.04 bits per heavy atom. The molecule has 10 heteroatoms. The number of hydrogen-bond acceptors (Lipinski definition) is 6. The summed E-state index contributed by atoms with van der Waals surface area (Å²) in [5, 5.41) is 12.8. The van der Waals surface area contributed by atoms with Crippen LogP contribution in [0.4, 0.5) is 5.69 Å². The number of carbonyl (C=O) groups is 1. The first-order valence-corrected chi connectivity index (χ1v) is 8.03. The third kappa shape index (κ3) is 3.59. The van der Waals surface area contributed by atoms with E-state index in [0.29, 0.717) is 0 Å². The number of hydrogen-bond donors (Lipinski definition) is 2. The highest BCUT2D eigenvalue weighted by Crippen LogP contribution is 2.29. The molecule has 0 radical (unpaired) electrons. The molecule has 0 atom stereocenters. The van der Waals surface area contributed by atoms with Gasteiger partial charge in [-0.05, 0) is 19.1 Å². The molecule has 0 fully saturated rings. The molecule has 0 spiro atoms. The Bertz CT molecular complexity index is 799. The number of phenols is 1. The second-order valence-corrected chi connectivity index (χ2v) is 6.00. The highest BCUT2D eigenvalue weighted by atomic mass is 32.2. The van der Waals surface area contributed by atoms with E-state index in [4.69, 9.17) is 4.74 Å². The van der Waals surface area contributed by atoms with Gasteiger partial charge in [-0.1, -0.05) is 6.07 Å². The van der Waals surface area contributed by atoms with E-state index in [0.717, 1.165) is 0 Å². The lowest BCUT2D eigenvalue weighted by Crippen LogP contribution is -2.24. The Morgan fingerprint density at radius 1 is 1.35 bits per heavy atom. The average molecular weight is 340 g/mol. The molecule has 2 N–H and O–H groups in total. The third-order valence-corrected chi connectivity index (χ3v) is 3.62. The molecule has 0 aromatic heterocycles. The Labute approximate surface area is 133 Å². The molecular weight excluding hydrogens is 324 g/mol. The van der Waals surface area contributed by atoms with E-state index in [1.807, 2.05) is 0 Å². The monoisotopic (exact) mass is 340 g/mol. The zero-order valence-corrected chi connectivity index (χ0v) is 13.6. The fraction of sp³-hybridized carbons (Fsp3) is 0.308. The fourth-order valence-electron chi connectivity index (χ4n) is 1.82. The highest BCUT2D eigenvalue weighted by Gasteiger charge is 2.27. The first kappa shape index (κ1) is 16.7. The number of para-hydroxylation sites is 1. The number of carbonyl (C=O) groups excluding carboxylic acids is 1. The molecule has 1 aliphatic rings. The van der Waals surface area contributed by atoms with Gasteiger partial charge in [-0.2, -0.15) is 8.42 Å². The number of rotatable bonds is 3. The van der Waals surface area contributed by atoms with E-state index in [2.05, 4.69) is 14.1 Å². The van der Waals surface area contributed by atoms with Crippen LogP contribution in [0.2, 0.25) is 0 Å². The minimum atomic E-state index is -4.01. The minimum absolute atomic E-state index is 0.0661. The Kier molecular flexibility index (Phi) is 4.55. The van der Waals surface area contributed by atoms with Crippen molar-refractivity contribution in [2.75, 3.05) is 26.0 Å². The second-order valence-electron chi connectivity index (χ2n) is 4.74. The predicted octanol–water partition coefficient (Wildman–Crippen LogP) is 0.598. The zero-order valence-electron chi connectivity index (χ0n) is 12.8. The molecule has 1 amide bonds. The molecule has 0 saturated heterocycles. The van der Waals surface area contributed by atoms with Gasteiger partial charge in [-0.3, -0.25) is 4.79 Å². The summed E-state index contributed by atoms with van der Waals surface area (Å²) >= 11 is 0. The molecule has 23 heavy (non-hydrogen) atoms. The molecule has 9 nitrogen and oxygen atoms in total. The largest absolute Gasteiger partial charge is 0.505 e. The van der Waals surface area contributed by atoms with Crippen LogP contribution in [0.1, 0.15) is 17.3 Å². The molecular formula is C13H16N4O5S. The predicted molar refractivity (Wildman–Crippen MR) is 85.2 cm³/mol. The molecule has 1 aliphatic heterocycles. The van der Waals surface area contributed by atoms with Gasteiger partial charge in [0.15, 0.2) is 5.75 Å². The van der Waals surface area contributed by atoms with Crippen LogP contribution in [0, 0.1) is 0 Å². The van der Waals surface area contributed by atoms with Gasteiger partial charge in [0, 0.05) is 14.1 Å². The maximum absolute atomic E-state index is 12.0. The fourth-order valence-corrected chi connectivity index (χ4v) is 2.56. The lowest BCUT2D eigenvalue weighted by atomic mass is 10.1. The summed E-state index contributed by atoms with van der Waals surface area (Å²) < 4.78 is 34.8. The molecule has 124 valence electrons.